The molecule has 0 saturated carbocycles. The second kappa shape index (κ2) is 6.69. The number of benzene rings is 1. The average molecular weight is 356 g/mol. The minimum Gasteiger partial charge on any atom is -0.305 e. The first-order valence-electron chi connectivity index (χ1n) is 7.27. The van der Waals surface area contributed by atoms with E-state index in [0.717, 1.165) is 25.3 Å². The Labute approximate surface area is 132 Å². The van der Waals surface area contributed by atoms with Crippen molar-refractivity contribution in [2.75, 3.05) is 11.4 Å². The van der Waals surface area contributed by atoms with E-state index >= 15 is 0 Å². The third-order valence-electron chi connectivity index (χ3n) is 3.68. The summed E-state index contributed by atoms with van der Waals surface area (Å²) in [6.45, 7) is 4.88. The highest BCUT2D eigenvalue weighted by Gasteiger charge is 2.36. The molecule has 21 heavy (non-hydrogen) atoms. The first kappa shape index (κ1) is 16.1. The lowest BCUT2D eigenvalue weighted by Crippen LogP contribution is -2.30. The van der Waals surface area contributed by atoms with Gasteiger partial charge in [0, 0.05) is 6.54 Å². The van der Waals surface area contributed by atoms with Gasteiger partial charge in [0.2, 0.25) is 0 Å². The molecule has 0 atom stereocenters. The van der Waals surface area contributed by atoms with Crippen molar-refractivity contribution in [3.8, 4) is 0 Å². The Kier molecular flexibility index (Phi) is 5.14. The van der Waals surface area contributed by atoms with Gasteiger partial charge in [-0.1, -0.05) is 33.1 Å². The van der Waals surface area contributed by atoms with Crippen LogP contribution < -0.4 is 4.90 Å². The van der Waals surface area contributed by atoms with Gasteiger partial charge < -0.3 is 4.90 Å². The van der Waals surface area contributed by atoms with E-state index in [1.165, 1.54) is 17.4 Å². The van der Waals surface area contributed by atoms with Crippen LogP contribution >= 0.6 is 15.9 Å². The summed E-state index contributed by atoms with van der Waals surface area (Å²) in [4.78, 5) is 25.3. The number of fused-ring (bicyclic) bond motifs is 1. The largest absolute Gasteiger partial charge is 0.305 e. The molecule has 0 aromatic heterocycles. The number of anilines is 1. The minimum atomic E-state index is -0.612. The van der Waals surface area contributed by atoms with Crippen LogP contribution in [0.3, 0.4) is 0 Å². The van der Waals surface area contributed by atoms with E-state index in [1.54, 1.807) is 0 Å². The van der Waals surface area contributed by atoms with E-state index < -0.39 is 17.5 Å². The zero-order valence-electron chi connectivity index (χ0n) is 12.3. The van der Waals surface area contributed by atoms with Gasteiger partial charge in [-0.15, -0.1) is 0 Å². The van der Waals surface area contributed by atoms with Crippen molar-refractivity contribution in [3.05, 3.63) is 28.0 Å². The van der Waals surface area contributed by atoms with Crippen LogP contribution in [0.25, 0.3) is 0 Å². The highest BCUT2D eigenvalue weighted by molar-refractivity contribution is 9.10. The van der Waals surface area contributed by atoms with Gasteiger partial charge in [-0.05, 0) is 40.4 Å². The third-order valence-corrected chi connectivity index (χ3v) is 4.28. The van der Waals surface area contributed by atoms with Gasteiger partial charge in [0.25, 0.3) is 11.7 Å². The van der Waals surface area contributed by atoms with Gasteiger partial charge in [0.1, 0.15) is 5.82 Å². The lowest BCUT2D eigenvalue weighted by atomic mass is 10.1. The number of nitrogens with zero attached hydrogens (tertiary/aromatic N) is 1. The summed E-state index contributed by atoms with van der Waals surface area (Å²) in [6.07, 6.45) is 4.15. The van der Waals surface area contributed by atoms with Gasteiger partial charge in [0.15, 0.2) is 0 Å². The molecule has 1 heterocycles. The maximum absolute atomic E-state index is 13.5. The second-order valence-electron chi connectivity index (χ2n) is 5.81. The van der Waals surface area contributed by atoms with Crippen molar-refractivity contribution < 1.29 is 14.0 Å². The lowest BCUT2D eigenvalue weighted by Gasteiger charge is -2.16. The van der Waals surface area contributed by atoms with Crippen LogP contribution in [-0.2, 0) is 4.79 Å². The summed E-state index contributed by atoms with van der Waals surface area (Å²) < 4.78 is 13.8. The predicted octanol–water partition coefficient (Wildman–Crippen LogP) is 4.33. The molecule has 0 unspecified atom stereocenters. The zero-order valence-corrected chi connectivity index (χ0v) is 13.9. The van der Waals surface area contributed by atoms with Crippen LogP contribution in [-0.4, -0.2) is 18.2 Å². The Hall–Kier alpha value is -1.23. The highest BCUT2D eigenvalue weighted by atomic mass is 79.9. The van der Waals surface area contributed by atoms with Gasteiger partial charge in [-0.25, -0.2) is 4.39 Å². The smallest absolute Gasteiger partial charge is 0.299 e. The Balaban J connectivity index is 2.03. The molecule has 0 radical (unpaired) electrons. The van der Waals surface area contributed by atoms with Gasteiger partial charge >= 0.3 is 0 Å². The van der Waals surface area contributed by atoms with Crippen molar-refractivity contribution >= 4 is 33.3 Å². The maximum atomic E-state index is 13.5. The molecule has 0 N–H and O–H groups in total. The van der Waals surface area contributed by atoms with Crippen molar-refractivity contribution in [1.29, 1.82) is 0 Å². The summed E-state index contributed by atoms with van der Waals surface area (Å²) in [5.74, 6) is -1.00. The van der Waals surface area contributed by atoms with E-state index in [1.807, 2.05) is 0 Å². The van der Waals surface area contributed by atoms with Gasteiger partial charge in [-0.2, -0.15) is 0 Å². The SMILES string of the molecule is CC(C)CCCCCN1C(=O)C(=O)c2cc(F)c(Br)cc21. The fourth-order valence-electron chi connectivity index (χ4n) is 2.51. The molecule has 0 fully saturated rings. The summed E-state index contributed by atoms with van der Waals surface area (Å²) in [7, 11) is 0. The Morgan fingerprint density at radius 2 is 1.90 bits per heavy atom. The maximum Gasteiger partial charge on any atom is 0.299 e. The van der Waals surface area contributed by atoms with E-state index in [0.29, 0.717) is 18.2 Å². The molecule has 1 aromatic rings. The molecule has 1 amide bonds. The van der Waals surface area contributed by atoms with Gasteiger partial charge in [-0.3, -0.25) is 9.59 Å². The Morgan fingerprint density at radius 1 is 1.19 bits per heavy atom. The van der Waals surface area contributed by atoms with E-state index in [9.17, 15) is 14.0 Å². The number of carbonyl (C=O) groups excluding carboxylic acids is 2. The van der Waals surface area contributed by atoms with Crippen LogP contribution in [0.5, 0.6) is 0 Å². The highest BCUT2D eigenvalue weighted by Crippen LogP contribution is 2.33. The number of Topliss-reactive ketones (excluding diaryl/α,β-unsaturated/α-hetero) is 1. The lowest BCUT2D eigenvalue weighted by molar-refractivity contribution is -0.114. The number of unbranched alkanes of at least 4 members (excludes halogenated alkanes) is 2. The first-order chi connectivity index (χ1) is 9.91. The summed E-state index contributed by atoms with van der Waals surface area (Å²) in [5.41, 5.74) is 0.685. The summed E-state index contributed by atoms with van der Waals surface area (Å²) >= 11 is 3.10. The number of rotatable bonds is 6. The molecule has 0 saturated heterocycles. The van der Waals surface area contributed by atoms with Crippen LogP contribution in [0, 0.1) is 11.7 Å². The topological polar surface area (TPSA) is 37.4 Å². The molecular weight excluding hydrogens is 337 g/mol. The molecule has 3 nitrogen and oxygen atoms in total. The van der Waals surface area contributed by atoms with E-state index in [2.05, 4.69) is 29.8 Å². The van der Waals surface area contributed by atoms with Crippen LogP contribution in [0.1, 0.15) is 49.9 Å². The number of amides is 1. The predicted molar refractivity (Wildman–Crippen MR) is 84.1 cm³/mol. The average Bonchev–Trinajstić information content (AvgIpc) is 2.64. The number of ketones is 1. The molecule has 114 valence electrons. The van der Waals surface area contributed by atoms with E-state index in [4.69, 9.17) is 0 Å². The molecule has 0 aliphatic carbocycles. The van der Waals surface area contributed by atoms with Crippen molar-refractivity contribution in [1.82, 2.24) is 0 Å². The fraction of sp³-hybridized carbons (Fsp3) is 0.500. The minimum absolute atomic E-state index is 0.169. The molecular formula is C16H19BrFNO2. The number of halogens is 2. The summed E-state index contributed by atoms with van der Waals surface area (Å²) in [6, 6.07) is 2.65. The molecule has 0 spiro atoms. The standard InChI is InChI=1S/C16H19BrFNO2/c1-10(2)6-4-3-5-7-19-14-9-12(17)13(18)8-11(14)15(20)16(19)21/h8-10H,3-7H2,1-2H3. The quantitative estimate of drug-likeness (QED) is 0.562. The number of hydrogen-bond acceptors (Lipinski definition) is 2. The Bertz CT molecular complexity index is 572. The van der Waals surface area contributed by atoms with Crippen molar-refractivity contribution in [2.24, 2.45) is 5.92 Å². The number of carbonyl (C=O) groups is 2. The molecule has 1 aliphatic heterocycles. The molecule has 0 bridgehead atoms. The summed E-state index contributed by atoms with van der Waals surface area (Å²) in [5, 5.41) is 0. The van der Waals surface area contributed by atoms with Crippen LogP contribution in [0.15, 0.2) is 16.6 Å². The molecule has 5 heteroatoms. The second-order valence-corrected chi connectivity index (χ2v) is 6.67. The third kappa shape index (κ3) is 3.51. The van der Waals surface area contributed by atoms with Crippen LogP contribution in [0.4, 0.5) is 10.1 Å². The zero-order chi connectivity index (χ0) is 15.6. The molecule has 1 aromatic carbocycles. The Morgan fingerprint density at radius 3 is 2.57 bits per heavy atom. The monoisotopic (exact) mass is 355 g/mol. The van der Waals surface area contributed by atoms with E-state index in [-0.39, 0.29) is 10.0 Å². The first-order valence-corrected chi connectivity index (χ1v) is 8.06. The molecule has 1 aliphatic rings. The normalized spacial score (nSPS) is 14.2. The van der Waals surface area contributed by atoms with Crippen molar-refractivity contribution in [2.45, 2.75) is 39.5 Å². The number of hydrogen-bond donors (Lipinski definition) is 0. The van der Waals surface area contributed by atoms with Crippen LogP contribution in [0.2, 0.25) is 0 Å². The fourth-order valence-corrected chi connectivity index (χ4v) is 2.84. The van der Waals surface area contributed by atoms with Crippen molar-refractivity contribution in [3.63, 3.8) is 0 Å². The molecule has 2 rings (SSSR count). The van der Waals surface area contributed by atoms with Gasteiger partial charge in [0.05, 0.1) is 15.7 Å².